The maximum absolute atomic E-state index is 12.4. The summed E-state index contributed by atoms with van der Waals surface area (Å²) in [4.78, 5) is 14.2. The van der Waals surface area contributed by atoms with Crippen molar-refractivity contribution in [2.75, 3.05) is 28.2 Å². The van der Waals surface area contributed by atoms with E-state index in [4.69, 9.17) is 4.74 Å². The summed E-state index contributed by atoms with van der Waals surface area (Å²) in [7, 11) is -3.36. The number of nitrogens with one attached hydrogen (secondary N) is 1. The molecular weight excluding hydrogens is 372 g/mol. The van der Waals surface area contributed by atoms with Crippen molar-refractivity contribution in [2.45, 2.75) is 12.3 Å². The van der Waals surface area contributed by atoms with Crippen molar-refractivity contribution in [1.82, 2.24) is 0 Å². The number of anilines is 2. The van der Waals surface area contributed by atoms with Gasteiger partial charge in [-0.25, -0.2) is 8.42 Å². The first-order chi connectivity index (χ1) is 12.4. The third-order valence-corrected chi connectivity index (χ3v) is 5.59. The van der Waals surface area contributed by atoms with E-state index >= 15 is 0 Å². The summed E-state index contributed by atoms with van der Waals surface area (Å²) in [5.74, 6) is 1.15. The van der Waals surface area contributed by atoms with E-state index < -0.39 is 10.0 Å². The molecule has 1 heterocycles. The van der Waals surface area contributed by atoms with E-state index in [1.54, 1.807) is 23.1 Å². The van der Waals surface area contributed by atoms with Crippen LogP contribution in [0.5, 0.6) is 5.75 Å². The largest absolute Gasteiger partial charge is 0.494 e. The molecule has 1 atom stereocenters. The summed E-state index contributed by atoms with van der Waals surface area (Å²) in [5, 5.41) is -0.207. The molecule has 1 fully saturated rings. The zero-order valence-corrected chi connectivity index (χ0v) is 16.1. The van der Waals surface area contributed by atoms with E-state index in [1.165, 1.54) is 11.8 Å². The van der Waals surface area contributed by atoms with Crippen LogP contribution in [0.25, 0.3) is 0 Å². The number of hydrogen-bond donors (Lipinski definition) is 1. The van der Waals surface area contributed by atoms with Gasteiger partial charge in [-0.2, -0.15) is 0 Å². The number of ether oxygens (including phenoxy) is 1. The Balaban J connectivity index is 1.89. The molecule has 2 aromatic rings. The molecule has 3 rings (SSSR count). The Morgan fingerprint density at radius 2 is 1.96 bits per heavy atom. The van der Waals surface area contributed by atoms with E-state index in [0.717, 1.165) is 23.3 Å². The summed E-state index contributed by atoms with van der Waals surface area (Å²) in [5.41, 5.74) is 2.13. The Morgan fingerprint density at radius 3 is 2.62 bits per heavy atom. The van der Waals surface area contributed by atoms with Crippen molar-refractivity contribution in [1.29, 1.82) is 0 Å². The molecule has 0 spiro atoms. The van der Waals surface area contributed by atoms with Crippen molar-refractivity contribution in [3.8, 4) is 5.75 Å². The highest BCUT2D eigenvalue weighted by molar-refractivity contribution is 8.00. The van der Waals surface area contributed by atoms with Gasteiger partial charge in [-0.3, -0.25) is 14.4 Å². The van der Waals surface area contributed by atoms with Crippen molar-refractivity contribution in [3.63, 3.8) is 0 Å². The number of sulfonamides is 1. The van der Waals surface area contributed by atoms with Crippen LogP contribution < -0.4 is 14.4 Å². The second-order valence-electron chi connectivity index (χ2n) is 5.85. The Kier molecular flexibility index (Phi) is 5.43. The molecule has 8 heteroatoms. The van der Waals surface area contributed by atoms with E-state index in [9.17, 15) is 13.2 Å². The fraction of sp³-hybridized carbons (Fsp3) is 0.278. The molecule has 0 radical (unpaired) electrons. The van der Waals surface area contributed by atoms with Gasteiger partial charge in [0.25, 0.3) is 0 Å². The van der Waals surface area contributed by atoms with Gasteiger partial charge < -0.3 is 4.74 Å². The quantitative estimate of drug-likeness (QED) is 0.817. The fourth-order valence-corrected chi connectivity index (χ4v) is 4.51. The van der Waals surface area contributed by atoms with Crippen molar-refractivity contribution in [3.05, 3.63) is 54.1 Å². The average molecular weight is 393 g/mol. The molecule has 0 bridgehead atoms. The van der Waals surface area contributed by atoms with Crippen LogP contribution in [0.4, 0.5) is 11.4 Å². The van der Waals surface area contributed by atoms with Crippen LogP contribution in [0.2, 0.25) is 0 Å². The Morgan fingerprint density at radius 1 is 1.23 bits per heavy atom. The van der Waals surface area contributed by atoms with E-state index in [-0.39, 0.29) is 11.3 Å². The predicted molar refractivity (Wildman–Crippen MR) is 105 cm³/mol. The van der Waals surface area contributed by atoms with Crippen LogP contribution >= 0.6 is 11.8 Å². The molecule has 1 saturated heterocycles. The zero-order chi connectivity index (χ0) is 18.7. The highest BCUT2D eigenvalue weighted by Crippen LogP contribution is 2.42. The van der Waals surface area contributed by atoms with Gasteiger partial charge in [0, 0.05) is 11.4 Å². The molecule has 2 aromatic carbocycles. The minimum absolute atomic E-state index is 0.0191. The maximum Gasteiger partial charge on any atom is 0.238 e. The molecule has 1 aliphatic heterocycles. The van der Waals surface area contributed by atoms with Gasteiger partial charge in [-0.1, -0.05) is 12.1 Å². The SMILES string of the molecule is CCOc1ccc(N2C(=O)CS[C@@H]2c2cccc(NS(C)(=O)=O)c2)cc1. The molecule has 6 nitrogen and oxygen atoms in total. The summed E-state index contributed by atoms with van der Waals surface area (Å²) in [6.07, 6.45) is 1.11. The van der Waals surface area contributed by atoms with Crippen LogP contribution in [0, 0.1) is 0 Å². The van der Waals surface area contributed by atoms with Gasteiger partial charge in [-0.05, 0) is 48.9 Å². The lowest BCUT2D eigenvalue weighted by molar-refractivity contribution is -0.115. The number of amides is 1. The van der Waals surface area contributed by atoms with Crippen LogP contribution in [0.15, 0.2) is 48.5 Å². The van der Waals surface area contributed by atoms with Crippen molar-refractivity contribution < 1.29 is 17.9 Å². The van der Waals surface area contributed by atoms with E-state index in [2.05, 4.69) is 4.72 Å². The standard InChI is InChI=1S/C18H20N2O4S2/c1-3-24-16-9-7-15(8-10-16)20-17(21)12-25-18(20)13-5-4-6-14(11-13)19-26(2,22)23/h4-11,18-19H,3,12H2,1-2H3/t18-/m1/s1. The first kappa shape index (κ1) is 18.6. The monoisotopic (exact) mass is 392 g/mol. The molecule has 0 aromatic heterocycles. The molecule has 0 unspecified atom stereocenters. The Hall–Kier alpha value is -2.19. The molecule has 1 aliphatic rings. The lowest BCUT2D eigenvalue weighted by Gasteiger charge is -2.25. The van der Waals surface area contributed by atoms with Gasteiger partial charge in [0.05, 0.1) is 18.6 Å². The van der Waals surface area contributed by atoms with Crippen molar-refractivity contribution in [2.24, 2.45) is 0 Å². The molecule has 138 valence electrons. The second-order valence-corrected chi connectivity index (χ2v) is 8.67. The normalized spacial score (nSPS) is 17.4. The lowest BCUT2D eigenvalue weighted by atomic mass is 10.1. The number of nitrogens with zero attached hydrogens (tertiary/aromatic N) is 1. The lowest BCUT2D eigenvalue weighted by Crippen LogP contribution is -2.27. The number of benzene rings is 2. The zero-order valence-electron chi connectivity index (χ0n) is 14.5. The van der Waals surface area contributed by atoms with Crippen LogP contribution in [-0.4, -0.2) is 32.9 Å². The highest BCUT2D eigenvalue weighted by atomic mass is 32.2. The minimum atomic E-state index is -3.36. The Bertz CT molecular complexity index is 898. The van der Waals surface area contributed by atoms with Crippen LogP contribution in [0.3, 0.4) is 0 Å². The first-order valence-corrected chi connectivity index (χ1v) is 11.1. The van der Waals surface area contributed by atoms with Gasteiger partial charge >= 0.3 is 0 Å². The molecule has 1 N–H and O–H groups in total. The summed E-state index contributed by atoms with van der Waals surface area (Å²) in [6, 6.07) is 14.5. The average Bonchev–Trinajstić information content (AvgIpc) is 2.96. The number of carbonyl (C=O) groups excluding carboxylic acids is 1. The highest BCUT2D eigenvalue weighted by Gasteiger charge is 2.34. The summed E-state index contributed by atoms with van der Waals surface area (Å²) in [6.45, 7) is 2.50. The van der Waals surface area contributed by atoms with E-state index in [0.29, 0.717) is 18.0 Å². The number of carbonyl (C=O) groups is 1. The van der Waals surface area contributed by atoms with E-state index in [1.807, 2.05) is 37.3 Å². The van der Waals surface area contributed by atoms with Crippen molar-refractivity contribution >= 4 is 39.1 Å². The fourth-order valence-electron chi connectivity index (χ4n) is 2.79. The molecule has 0 aliphatic carbocycles. The molecular formula is C18H20N2O4S2. The Labute approximate surface area is 157 Å². The van der Waals surface area contributed by atoms with Gasteiger partial charge in [-0.15, -0.1) is 11.8 Å². The van der Waals surface area contributed by atoms with Gasteiger partial charge in [0.1, 0.15) is 11.1 Å². The number of rotatable bonds is 6. The molecule has 26 heavy (non-hydrogen) atoms. The molecule has 1 amide bonds. The summed E-state index contributed by atoms with van der Waals surface area (Å²) >= 11 is 1.52. The maximum atomic E-state index is 12.4. The van der Waals surface area contributed by atoms with Crippen LogP contribution in [-0.2, 0) is 14.8 Å². The third-order valence-electron chi connectivity index (χ3n) is 3.77. The smallest absolute Gasteiger partial charge is 0.238 e. The number of thioether (sulfide) groups is 1. The third kappa shape index (κ3) is 4.31. The number of hydrogen-bond acceptors (Lipinski definition) is 5. The summed E-state index contributed by atoms with van der Waals surface area (Å²) < 4.78 is 30.9. The van der Waals surface area contributed by atoms with Gasteiger partial charge in [0.2, 0.25) is 15.9 Å². The van der Waals surface area contributed by atoms with Gasteiger partial charge in [0.15, 0.2) is 0 Å². The minimum Gasteiger partial charge on any atom is -0.494 e. The first-order valence-electron chi connectivity index (χ1n) is 8.11. The topological polar surface area (TPSA) is 75.7 Å². The molecule has 0 saturated carbocycles. The second kappa shape index (κ2) is 7.59. The van der Waals surface area contributed by atoms with Crippen LogP contribution in [0.1, 0.15) is 17.9 Å². The predicted octanol–water partition coefficient (Wildman–Crippen LogP) is 3.24.